The van der Waals surface area contributed by atoms with Gasteiger partial charge in [-0.05, 0) is 43.7 Å². The number of hydrogen-bond donors (Lipinski definition) is 1. The second-order valence-corrected chi connectivity index (χ2v) is 7.73. The monoisotopic (exact) mass is 416 g/mol. The van der Waals surface area contributed by atoms with E-state index in [1.807, 2.05) is 6.92 Å². The molecule has 1 saturated heterocycles. The van der Waals surface area contributed by atoms with Crippen molar-refractivity contribution in [2.45, 2.75) is 25.4 Å². The van der Waals surface area contributed by atoms with Crippen molar-refractivity contribution >= 4 is 29.1 Å². The van der Waals surface area contributed by atoms with Gasteiger partial charge in [0, 0.05) is 25.0 Å². The Bertz CT molecular complexity index is 1190. The van der Waals surface area contributed by atoms with E-state index in [9.17, 15) is 14.4 Å². The first kappa shape index (κ1) is 19.0. The zero-order chi connectivity index (χ0) is 21.6. The number of nitrogens with zero attached hydrogens (tertiary/aromatic N) is 5. The summed E-state index contributed by atoms with van der Waals surface area (Å²) in [5.74, 6) is -0.228. The fourth-order valence-corrected chi connectivity index (χ4v) is 4.35. The lowest BCUT2D eigenvalue weighted by atomic mass is 9.98. The molecule has 0 radical (unpaired) electrons. The molecule has 0 saturated carbocycles. The van der Waals surface area contributed by atoms with Gasteiger partial charge >= 0.3 is 0 Å². The van der Waals surface area contributed by atoms with Crippen LogP contribution in [0, 0.1) is 0 Å². The van der Waals surface area contributed by atoms with E-state index in [4.69, 9.17) is 0 Å². The summed E-state index contributed by atoms with van der Waals surface area (Å²) in [6, 6.07) is 12.2. The third-order valence-electron chi connectivity index (χ3n) is 5.83. The van der Waals surface area contributed by atoms with Crippen LogP contribution in [0.2, 0.25) is 0 Å². The molecule has 0 spiro atoms. The van der Waals surface area contributed by atoms with Gasteiger partial charge in [0.05, 0.1) is 16.9 Å². The van der Waals surface area contributed by atoms with Crippen molar-refractivity contribution < 1.29 is 14.4 Å². The number of amides is 3. The zero-order valence-electron chi connectivity index (χ0n) is 16.9. The van der Waals surface area contributed by atoms with Gasteiger partial charge in [-0.2, -0.15) is 5.10 Å². The number of benzene rings is 1. The van der Waals surface area contributed by atoms with E-state index in [0.29, 0.717) is 35.6 Å². The number of pyridine rings is 1. The summed E-state index contributed by atoms with van der Waals surface area (Å²) in [5.41, 5.74) is 0.606. The maximum absolute atomic E-state index is 13.3. The first-order valence-electron chi connectivity index (χ1n) is 9.98. The predicted molar refractivity (Wildman–Crippen MR) is 113 cm³/mol. The number of fused-ring (bicyclic) bond motifs is 3. The van der Waals surface area contributed by atoms with Crippen molar-refractivity contribution in [3.8, 4) is 5.82 Å². The van der Waals surface area contributed by atoms with Crippen LogP contribution in [0.4, 0.5) is 11.4 Å². The highest BCUT2D eigenvalue weighted by atomic mass is 16.2. The van der Waals surface area contributed by atoms with E-state index in [1.165, 1.54) is 4.90 Å². The van der Waals surface area contributed by atoms with Crippen LogP contribution < -0.4 is 10.2 Å². The largest absolute Gasteiger partial charge is 0.321 e. The van der Waals surface area contributed by atoms with E-state index in [-0.39, 0.29) is 24.3 Å². The van der Waals surface area contributed by atoms with Crippen molar-refractivity contribution in [1.82, 2.24) is 19.7 Å². The highest BCUT2D eigenvalue weighted by molar-refractivity contribution is 6.11. The van der Waals surface area contributed by atoms with E-state index in [0.717, 1.165) is 0 Å². The van der Waals surface area contributed by atoms with Gasteiger partial charge in [0.1, 0.15) is 12.2 Å². The number of nitrogens with one attached hydrogen (secondary N) is 1. The van der Waals surface area contributed by atoms with Crippen LogP contribution >= 0.6 is 0 Å². The number of para-hydroxylation sites is 1. The molecule has 31 heavy (non-hydrogen) atoms. The van der Waals surface area contributed by atoms with E-state index < -0.39 is 5.66 Å². The minimum atomic E-state index is -0.889. The van der Waals surface area contributed by atoms with Gasteiger partial charge in [-0.15, -0.1) is 0 Å². The molecule has 2 aliphatic heterocycles. The van der Waals surface area contributed by atoms with Gasteiger partial charge in [-0.1, -0.05) is 12.1 Å². The number of rotatable bonds is 4. The van der Waals surface area contributed by atoms with Crippen molar-refractivity contribution in [2.24, 2.45) is 0 Å². The lowest BCUT2D eigenvalue weighted by molar-refractivity contribution is -0.120. The first-order valence-corrected chi connectivity index (χ1v) is 9.98. The average molecular weight is 416 g/mol. The van der Waals surface area contributed by atoms with Gasteiger partial charge in [0.2, 0.25) is 11.8 Å². The Balaban J connectivity index is 1.45. The highest BCUT2D eigenvalue weighted by Crippen LogP contribution is 2.43. The summed E-state index contributed by atoms with van der Waals surface area (Å²) in [4.78, 5) is 46.4. The molecular weight excluding hydrogens is 396 g/mol. The van der Waals surface area contributed by atoms with Gasteiger partial charge in [-0.3, -0.25) is 19.3 Å². The number of carbonyl (C=O) groups excluding carboxylic acids is 3. The van der Waals surface area contributed by atoms with Crippen LogP contribution in [0.1, 0.15) is 30.1 Å². The molecule has 0 aliphatic carbocycles. The lowest BCUT2D eigenvalue weighted by Gasteiger charge is -2.48. The first-order chi connectivity index (χ1) is 15.0. The van der Waals surface area contributed by atoms with Crippen molar-refractivity contribution in [2.75, 3.05) is 16.8 Å². The molecule has 3 amide bonds. The average Bonchev–Trinajstić information content (AvgIpc) is 3.40. The summed E-state index contributed by atoms with van der Waals surface area (Å²) in [6.45, 7) is 1.64. The summed E-state index contributed by atoms with van der Waals surface area (Å²) in [7, 11) is 0. The normalized spacial score (nSPS) is 19.9. The Morgan fingerprint density at radius 2 is 1.97 bits per heavy atom. The van der Waals surface area contributed by atoms with E-state index in [1.54, 1.807) is 70.6 Å². The van der Waals surface area contributed by atoms with Gasteiger partial charge < -0.3 is 10.2 Å². The van der Waals surface area contributed by atoms with Crippen LogP contribution in [0.15, 0.2) is 61.1 Å². The number of aromatic nitrogens is 3. The summed E-state index contributed by atoms with van der Waals surface area (Å²) in [6.07, 6.45) is 5.75. The maximum Gasteiger partial charge on any atom is 0.258 e. The molecule has 1 unspecified atom stereocenters. The van der Waals surface area contributed by atoms with Gasteiger partial charge in [0.15, 0.2) is 5.82 Å². The molecule has 3 aromatic rings. The zero-order valence-corrected chi connectivity index (χ0v) is 16.9. The van der Waals surface area contributed by atoms with E-state index >= 15 is 0 Å². The highest BCUT2D eigenvalue weighted by Gasteiger charge is 2.53. The number of anilines is 2. The molecule has 0 bridgehead atoms. The van der Waals surface area contributed by atoms with Gasteiger partial charge in [-0.25, -0.2) is 9.67 Å². The smallest absolute Gasteiger partial charge is 0.258 e. The third kappa shape index (κ3) is 2.97. The predicted octanol–water partition coefficient (Wildman–Crippen LogP) is 2.20. The molecule has 1 aromatic carbocycles. The molecule has 4 heterocycles. The van der Waals surface area contributed by atoms with Crippen LogP contribution in [0.5, 0.6) is 0 Å². The van der Waals surface area contributed by atoms with Crippen LogP contribution in [-0.2, 0) is 9.59 Å². The Morgan fingerprint density at radius 3 is 2.77 bits per heavy atom. The molecule has 5 rings (SSSR count). The molecule has 156 valence electrons. The van der Waals surface area contributed by atoms with Crippen molar-refractivity contribution in [3.05, 3.63) is 66.6 Å². The molecule has 1 fully saturated rings. The second kappa shape index (κ2) is 7.05. The van der Waals surface area contributed by atoms with Crippen molar-refractivity contribution in [1.29, 1.82) is 0 Å². The van der Waals surface area contributed by atoms with Crippen molar-refractivity contribution in [3.63, 3.8) is 0 Å². The molecule has 1 N–H and O–H groups in total. The Hall–Kier alpha value is -4.01. The molecule has 9 heteroatoms. The fourth-order valence-electron chi connectivity index (χ4n) is 4.35. The third-order valence-corrected chi connectivity index (χ3v) is 5.83. The summed E-state index contributed by atoms with van der Waals surface area (Å²) >= 11 is 0. The Morgan fingerprint density at radius 1 is 1.13 bits per heavy atom. The topological polar surface area (TPSA) is 100 Å². The second-order valence-electron chi connectivity index (χ2n) is 7.73. The molecular formula is C22H20N6O3. The van der Waals surface area contributed by atoms with E-state index in [2.05, 4.69) is 15.4 Å². The van der Waals surface area contributed by atoms with Crippen LogP contribution in [-0.4, -0.2) is 49.6 Å². The molecule has 9 nitrogen and oxygen atoms in total. The fraction of sp³-hybridized carbons (Fsp3) is 0.227. The number of hydrogen-bond acceptors (Lipinski definition) is 5. The minimum absolute atomic E-state index is 0.0546. The number of carbonyl (C=O) groups is 3. The van der Waals surface area contributed by atoms with Crippen LogP contribution in [0.3, 0.4) is 0 Å². The Kier molecular flexibility index (Phi) is 4.32. The SMILES string of the molecule is CC12CCC(=O)N1c1ccccc1C(=O)N2CC(=O)Nc1cccnc1-n1cccn1. The Labute approximate surface area is 178 Å². The molecule has 2 aromatic heterocycles. The van der Waals surface area contributed by atoms with Crippen LogP contribution in [0.25, 0.3) is 5.82 Å². The molecule has 2 aliphatic rings. The standard InChI is InChI=1S/C22H20N6O3/c1-22-10-9-19(30)28(22)17-8-3-2-6-15(17)21(31)26(22)14-18(29)25-16-7-4-11-23-20(16)27-13-5-12-24-27/h2-8,11-13H,9-10,14H2,1H3,(H,25,29). The lowest BCUT2D eigenvalue weighted by Crippen LogP contribution is -2.63. The maximum atomic E-state index is 13.3. The summed E-state index contributed by atoms with van der Waals surface area (Å²) in [5, 5.41) is 7.00. The van der Waals surface area contributed by atoms with Gasteiger partial charge in [0.25, 0.3) is 5.91 Å². The summed E-state index contributed by atoms with van der Waals surface area (Å²) < 4.78 is 1.55. The minimum Gasteiger partial charge on any atom is -0.321 e. The quantitative estimate of drug-likeness (QED) is 0.703. The molecule has 1 atom stereocenters.